The highest BCUT2D eigenvalue weighted by Gasteiger charge is 2.49. The van der Waals surface area contributed by atoms with E-state index in [9.17, 15) is 30.6 Å². The van der Waals surface area contributed by atoms with Crippen LogP contribution in [0.2, 0.25) is 0 Å². The van der Waals surface area contributed by atoms with Gasteiger partial charge in [-0.2, -0.15) is 0 Å². The van der Waals surface area contributed by atoms with Crippen molar-refractivity contribution in [2.45, 2.75) is 68.3 Å². The summed E-state index contributed by atoms with van der Waals surface area (Å²) in [6, 6.07) is 0. The SMILES string of the molecule is C[C@@H]1O[C@H](O[C@H]2[C@@H](O)[C@@H](CO)OC(O)[C@@H]2O)[C@H](O)[C@H](O)[C@H]1O. The molecule has 0 aromatic heterocycles. The van der Waals surface area contributed by atoms with E-state index in [2.05, 4.69) is 0 Å². The molecule has 2 rings (SSSR count). The Bertz CT molecular complexity index is 368. The molecule has 0 amide bonds. The lowest BCUT2D eigenvalue weighted by atomic mass is 9.97. The minimum Gasteiger partial charge on any atom is -0.394 e. The number of hydrogen-bond acceptors (Lipinski definition) is 10. The summed E-state index contributed by atoms with van der Waals surface area (Å²) in [5.41, 5.74) is 0. The summed E-state index contributed by atoms with van der Waals surface area (Å²) in [5, 5.41) is 67.6. The van der Waals surface area contributed by atoms with Gasteiger partial charge in [-0.05, 0) is 6.92 Å². The lowest BCUT2D eigenvalue weighted by Crippen LogP contribution is -2.63. The first-order valence-electron chi connectivity index (χ1n) is 6.93. The van der Waals surface area contributed by atoms with Crippen LogP contribution in [0.15, 0.2) is 0 Å². The third-order valence-corrected chi connectivity index (χ3v) is 3.94. The molecule has 2 aliphatic rings. The van der Waals surface area contributed by atoms with E-state index in [0.717, 1.165) is 0 Å². The van der Waals surface area contributed by atoms with Crippen molar-refractivity contribution in [2.24, 2.45) is 0 Å². The Morgan fingerprint density at radius 1 is 0.818 bits per heavy atom. The molecule has 2 aliphatic heterocycles. The predicted octanol–water partition coefficient (Wildman–Crippen LogP) is -4.37. The predicted molar refractivity (Wildman–Crippen MR) is 67.2 cm³/mol. The molecule has 0 spiro atoms. The van der Waals surface area contributed by atoms with E-state index in [0.29, 0.717) is 0 Å². The van der Waals surface area contributed by atoms with Gasteiger partial charge in [0.15, 0.2) is 12.6 Å². The first-order valence-corrected chi connectivity index (χ1v) is 6.93. The fourth-order valence-corrected chi connectivity index (χ4v) is 2.51. The van der Waals surface area contributed by atoms with Crippen LogP contribution in [0.3, 0.4) is 0 Å². The third-order valence-electron chi connectivity index (χ3n) is 3.94. The van der Waals surface area contributed by atoms with Crippen molar-refractivity contribution >= 4 is 0 Å². The summed E-state index contributed by atoms with van der Waals surface area (Å²) < 4.78 is 15.3. The zero-order chi connectivity index (χ0) is 16.6. The molecule has 10 atom stereocenters. The van der Waals surface area contributed by atoms with Crippen LogP contribution in [0, 0.1) is 0 Å². The Balaban J connectivity index is 2.10. The van der Waals surface area contributed by atoms with E-state index in [1.54, 1.807) is 0 Å². The fraction of sp³-hybridized carbons (Fsp3) is 1.00. The van der Waals surface area contributed by atoms with Gasteiger partial charge in [0, 0.05) is 0 Å². The molecule has 10 nitrogen and oxygen atoms in total. The van der Waals surface area contributed by atoms with Gasteiger partial charge in [-0.1, -0.05) is 0 Å². The second kappa shape index (κ2) is 7.01. The van der Waals surface area contributed by atoms with E-state index in [1.807, 2.05) is 0 Å². The standard InChI is InChI=1S/C12H22O10/c1-3-5(14)7(16)8(17)12(20-3)22-10-6(15)4(2-13)21-11(19)9(10)18/h3-19H,2H2,1H3/t3-,4+,5-,6-,7+,8+,9+,10-,11?,12+/m0/s1. The highest BCUT2D eigenvalue weighted by molar-refractivity contribution is 4.93. The Labute approximate surface area is 126 Å². The second-order valence-electron chi connectivity index (χ2n) is 5.51. The van der Waals surface area contributed by atoms with Crippen LogP contribution in [0.4, 0.5) is 0 Å². The normalized spacial score (nSPS) is 53.5. The molecule has 22 heavy (non-hydrogen) atoms. The van der Waals surface area contributed by atoms with Gasteiger partial charge in [-0.25, -0.2) is 0 Å². The maximum absolute atomic E-state index is 9.99. The minimum atomic E-state index is -1.71. The smallest absolute Gasteiger partial charge is 0.187 e. The molecule has 1 unspecified atom stereocenters. The summed E-state index contributed by atoms with van der Waals surface area (Å²) in [6.45, 7) is 0.814. The molecule has 0 radical (unpaired) electrons. The van der Waals surface area contributed by atoms with Crippen LogP contribution in [0.5, 0.6) is 0 Å². The highest BCUT2D eigenvalue weighted by Crippen LogP contribution is 2.28. The van der Waals surface area contributed by atoms with Gasteiger partial charge < -0.3 is 50.0 Å². The monoisotopic (exact) mass is 326 g/mol. The number of ether oxygens (including phenoxy) is 3. The maximum atomic E-state index is 9.99. The van der Waals surface area contributed by atoms with Crippen molar-refractivity contribution in [1.82, 2.24) is 0 Å². The average molecular weight is 326 g/mol. The van der Waals surface area contributed by atoms with Crippen LogP contribution >= 0.6 is 0 Å². The van der Waals surface area contributed by atoms with E-state index in [1.165, 1.54) is 6.92 Å². The van der Waals surface area contributed by atoms with E-state index < -0.39 is 68.0 Å². The Kier molecular flexibility index (Phi) is 5.72. The quantitative estimate of drug-likeness (QED) is 0.269. The van der Waals surface area contributed by atoms with E-state index in [-0.39, 0.29) is 0 Å². The first-order chi connectivity index (χ1) is 10.3. The number of aliphatic hydroxyl groups is 7. The molecular formula is C12H22O10. The number of hydrogen-bond donors (Lipinski definition) is 7. The summed E-state index contributed by atoms with van der Waals surface area (Å²) >= 11 is 0. The van der Waals surface area contributed by atoms with Crippen LogP contribution in [0.25, 0.3) is 0 Å². The lowest BCUT2D eigenvalue weighted by Gasteiger charge is -2.44. The van der Waals surface area contributed by atoms with E-state index in [4.69, 9.17) is 19.3 Å². The Morgan fingerprint density at radius 3 is 2.05 bits per heavy atom. The van der Waals surface area contributed by atoms with Crippen molar-refractivity contribution in [3.63, 3.8) is 0 Å². The van der Waals surface area contributed by atoms with Gasteiger partial charge in [-0.3, -0.25) is 0 Å². The molecular weight excluding hydrogens is 304 g/mol. The topological polar surface area (TPSA) is 169 Å². The largest absolute Gasteiger partial charge is 0.394 e. The molecule has 10 heteroatoms. The molecule has 2 heterocycles. The lowest BCUT2D eigenvalue weighted by molar-refractivity contribution is -0.352. The van der Waals surface area contributed by atoms with Crippen molar-refractivity contribution in [3.8, 4) is 0 Å². The Morgan fingerprint density at radius 2 is 1.45 bits per heavy atom. The van der Waals surface area contributed by atoms with Gasteiger partial charge in [0.25, 0.3) is 0 Å². The third kappa shape index (κ3) is 3.26. The van der Waals surface area contributed by atoms with Gasteiger partial charge in [0.2, 0.25) is 0 Å². The summed E-state index contributed by atoms with van der Waals surface area (Å²) in [5.74, 6) is 0. The summed E-state index contributed by atoms with van der Waals surface area (Å²) in [6.07, 6.45) is -14.3. The van der Waals surface area contributed by atoms with Crippen molar-refractivity contribution in [2.75, 3.05) is 6.61 Å². The maximum Gasteiger partial charge on any atom is 0.187 e. The molecule has 0 aromatic carbocycles. The zero-order valence-electron chi connectivity index (χ0n) is 11.8. The Hall–Kier alpha value is -0.400. The molecule has 0 saturated carbocycles. The molecule has 0 aromatic rings. The fourth-order valence-electron chi connectivity index (χ4n) is 2.51. The van der Waals surface area contributed by atoms with Crippen molar-refractivity contribution in [1.29, 1.82) is 0 Å². The second-order valence-corrected chi connectivity index (χ2v) is 5.51. The summed E-state index contributed by atoms with van der Waals surface area (Å²) in [7, 11) is 0. The molecule has 2 fully saturated rings. The summed E-state index contributed by atoms with van der Waals surface area (Å²) in [4.78, 5) is 0. The minimum absolute atomic E-state index is 0.628. The zero-order valence-corrected chi connectivity index (χ0v) is 11.8. The van der Waals surface area contributed by atoms with Crippen LogP contribution in [0.1, 0.15) is 6.92 Å². The van der Waals surface area contributed by atoms with Crippen LogP contribution in [-0.2, 0) is 14.2 Å². The van der Waals surface area contributed by atoms with Crippen molar-refractivity contribution in [3.05, 3.63) is 0 Å². The molecule has 0 bridgehead atoms. The van der Waals surface area contributed by atoms with Gasteiger partial charge in [-0.15, -0.1) is 0 Å². The van der Waals surface area contributed by atoms with Crippen LogP contribution in [-0.4, -0.2) is 104 Å². The molecule has 130 valence electrons. The van der Waals surface area contributed by atoms with Gasteiger partial charge >= 0.3 is 0 Å². The first kappa shape index (κ1) is 17.9. The number of aliphatic hydroxyl groups excluding tert-OH is 7. The number of rotatable bonds is 3. The molecule has 2 saturated heterocycles. The highest BCUT2D eigenvalue weighted by atomic mass is 16.7. The van der Waals surface area contributed by atoms with Gasteiger partial charge in [0.1, 0.15) is 42.7 Å². The van der Waals surface area contributed by atoms with Gasteiger partial charge in [0.05, 0.1) is 12.7 Å². The molecule has 0 aliphatic carbocycles. The van der Waals surface area contributed by atoms with Crippen LogP contribution < -0.4 is 0 Å². The average Bonchev–Trinajstić information content (AvgIpc) is 2.50. The van der Waals surface area contributed by atoms with E-state index >= 15 is 0 Å². The molecule has 7 N–H and O–H groups in total. The van der Waals surface area contributed by atoms with Crippen molar-refractivity contribution < 1.29 is 50.0 Å².